The van der Waals surface area contributed by atoms with E-state index in [9.17, 15) is 0 Å². The van der Waals surface area contributed by atoms with Gasteiger partial charge in [-0.1, -0.05) is 39.0 Å². The molecule has 0 heterocycles. The van der Waals surface area contributed by atoms with Crippen LogP contribution >= 0.6 is 0 Å². The van der Waals surface area contributed by atoms with Crippen LogP contribution in [0.5, 0.6) is 0 Å². The Morgan fingerprint density at radius 1 is 0.833 bits per heavy atom. The summed E-state index contributed by atoms with van der Waals surface area (Å²) in [7, 11) is 0. The van der Waals surface area contributed by atoms with Gasteiger partial charge in [-0.05, 0) is 0 Å². The van der Waals surface area contributed by atoms with E-state index in [1.807, 2.05) is 0 Å². The van der Waals surface area contributed by atoms with Crippen LogP contribution in [0.15, 0.2) is 0 Å². The predicted molar refractivity (Wildman–Crippen MR) is 49.6 cm³/mol. The van der Waals surface area contributed by atoms with E-state index in [0.29, 0.717) is 0 Å². The first-order valence-corrected chi connectivity index (χ1v) is 3.71. The summed E-state index contributed by atoms with van der Waals surface area (Å²) in [6.07, 6.45) is 7.98. The Morgan fingerprint density at radius 3 is 1.58 bits per heavy atom. The fourth-order valence-electron chi connectivity index (χ4n) is 0.780. The molecule has 0 fully saturated rings. The summed E-state index contributed by atoms with van der Waals surface area (Å²) in [6, 6.07) is 0. The van der Waals surface area contributed by atoms with E-state index >= 15 is 0 Å². The van der Waals surface area contributed by atoms with E-state index in [-0.39, 0.29) is 42.3 Å². The number of hydrogen-bond donors (Lipinski definition) is 0. The largest absolute Gasteiger partial charge is 0.412 e. The van der Waals surface area contributed by atoms with E-state index < -0.39 is 0 Å². The summed E-state index contributed by atoms with van der Waals surface area (Å²) in [5, 5.41) is 0. The van der Waals surface area contributed by atoms with Crippen molar-refractivity contribution in [3.05, 3.63) is 6.92 Å². The van der Waals surface area contributed by atoms with Gasteiger partial charge in [0.2, 0.25) is 0 Å². The van der Waals surface area contributed by atoms with Crippen molar-refractivity contribution in [2.75, 3.05) is 0 Å². The number of rotatable bonds is 5. The second-order valence-electron chi connectivity index (χ2n) is 2.27. The van der Waals surface area contributed by atoms with Crippen LogP contribution in [-0.2, 0) is 25.8 Å². The van der Waals surface area contributed by atoms with Gasteiger partial charge in [0.05, 0.1) is 0 Å². The molecule has 0 aromatic rings. The van der Waals surface area contributed by atoms with Crippen LogP contribution in [0.4, 0.5) is 0 Å². The summed E-state index contributed by atoms with van der Waals surface area (Å²) in [5.74, 6) is 0. The zero-order chi connectivity index (χ0) is 6.24. The quantitative estimate of drug-likeness (QED) is 0.398. The van der Waals surface area contributed by atoms with Gasteiger partial charge in [-0.2, -0.15) is 6.42 Å². The molecule has 0 amide bonds. The third-order valence-electron chi connectivity index (χ3n) is 1.35. The number of hydrogen-bond acceptors (Lipinski definition) is 0. The van der Waals surface area contributed by atoms with Gasteiger partial charge in [-0.25, -0.2) is 0 Å². The molecule has 0 saturated heterocycles. The molecule has 0 spiro atoms. The average Bonchev–Trinajstić information content (AvgIpc) is 1.81. The molecule has 4 heteroatoms. The van der Waals surface area contributed by atoms with Gasteiger partial charge in [0.25, 0.3) is 0 Å². The minimum absolute atomic E-state index is 0. The molecule has 0 aromatic carbocycles. The van der Waals surface area contributed by atoms with Crippen LogP contribution in [0.2, 0.25) is 0 Å². The van der Waals surface area contributed by atoms with E-state index in [1.54, 1.807) is 0 Å². The third-order valence-corrected chi connectivity index (χ3v) is 1.35. The molecule has 12 heavy (non-hydrogen) atoms. The molecule has 0 bridgehead atoms. The van der Waals surface area contributed by atoms with Gasteiger partial charge in [-0.3, -0.25) is 0 Å². The smallest absolute Gasteiger partial charge is 0 e. The third kappa shape index (κ3) is 30.9. The van der Waals surface area contributed by atoms with Gasteiger partial charge in [-0.15, -0.1) is 0 Å². The standard InChI is InChI=1S/C8H17.Hf.3H2O/c1-3-5-7-8-6-4-2;;;;/h1,3-8H2,2H3;;3*1H2/q-1;;;;. The van der Waals surface area contributed by atoms with Crippen molar-refractivity contribution in [3.8, 4) is 0 Å². The Morgan fingerprint density at radius 2 is 1.25 bits per heavy atom. The Hall–Kier alpha value is 0.750. The Kier molecular flexibility index (Phi) is 72.8. The SMILES string of the molecule is O.O.O.[CH2-]CCCCCCC.[Hf]. The van der Waals surface area contributed by atoms with Crippen LogP contribution in [0, 0.1) is 6.92 Å². The molecule has 0 aliphatic heterocycles. The summed E-state index contributed by atoms with van der Waals surface area (Å²) in [4.78, 5) is 0. The topological polar surface area (TPSA) is 94.5 Å². The van der Waals surface area contributed by atoms with Crippen molar-refractivity contribution < 1.29 is 42.3 Å². The summed E-state index contributed by atoms with van der Waals surface area (Å²) >= 11 is 0. The molecular formula is C8H23HfO3-. The molecule has 78 valence electrons. The number of unbranched alkanes of at least 4 members (excludes halogenated alkanes) is 5. The zero-order valence-electron chi connectivity index (χ0n) is 7.95. The zero-order valence-corrected chi connectivity index (χ0v) is 11.5. The summed E-state index contributed by atoms with van der Waals surface area (Å²) in [5.41, 5.74) is 0. The minimum Gasteiger partial charge on any atom is -0.412 e. The molecule has 0 saturated carbocycles. The van der Waals surface area contributed by atoms with Crippen LogP contribution < -0.4 is 0 Å². The van der Waals surface area contributed by atoms with Gasteiger partial charge in [0.15, 0.2) is 0 Å². The maximum absolute atomic E-state index is 3.78. The summed E-state index contributed by atoms with van der Waals surface area (Å²) in [6.45, 7) is 6.02. The van der Waals surface area contributed by atoms with Crippen LogP contribution in [0.25, 0.3) is 0 Å². The van der Waals surface area contributed by atoms with Crippen molar-refractivity contribution in [1.82, 2.24) is 0 Å². The molecule has 0 aliphatic rings. The van der Waals surface area contributed by atoms with Crippen LogP contribution in [-0.4, -0.2) is 16.4 Å². The second-order valence-corrected chi connectivity index (χ2v) is 2.27. The normalized spacial score (nSPS) is 6.50. The Balaban J connectivity index is -0.0000000408. The molecule has 0 aliphatic carbocycles. The fraction of sp³-hybridized carbons (Fsp3) is 0.875. The maximum atomic E-state index is 3.78. The van der Waals surface area contributed by atoms with Crippen molar-refractivity contribution in [2.24, 2.45) is 0 Å². The first-order chi connectivity index (χ1) is 3.91. The fourth-order valence-corrected chi connectivity index (χ4v) is 0.780. The van der Waals surface area contributed by atoms with Gasteiger partial charge < -0.3 is 23.4 Å². The van der Waals surface area contributed by atoms with Crippen LogP contribution in [0.1, 0.15) is 45.4 Å². The molecule has 0 rings (SSSR count). The van der Waals surface area contributed by atoms with E-state index in [2.05, 4.69) is 13.8 Å². The molecule has 0 radical (unpaired) electrons. The molecule has 0 aromatic heterocycles. The molecule has 3 nitrogen and oxygen atoms in total. The Labute approximate surface area is 94.6 Å². The van der Waals surface area contributed by atoms with Crippen molar-refractivity contribution in [1.29, 1.82) is 0 Å². The predicted octanol–water partition coefficient (Wildman–Crippen LogP) is 0.704. The van der Waals surface area contributed by atoms with Crippen molar-refractivity contribution in [3.63, 3.8) is 0 Å². The Bertz CT molecular complexity index is 39.3. The summed E-state index contributed by atoms with van der Waals surface area (Å²) < 4.78 is 0. The van der Waals surface area contributed by atoms with Gasteiger partial charge in [0, 0.05) is 25.8 Å². The monoisotopic (exact) mass is 347 g/mol. The van der Waals surface area contributed by atoms with Crippen molar-refractivity contribution >= 4 is 0 Å². The molecule has 6 N–H and O–H groups in total. The van der Waals surface area contributed by atoms with E-state index in [0.717, 1.165) is 6.42 Å². The van der Waals surface area contributed by atoms with E-state index in [1.165, 1.54) is 32.1 Å². The van der Waals surface area contributed by atoms with Crippen molar-refractivity contribution in [2.45, 2.75) is 45.4 Å². The van der Waals surface area contributed by atoms with Gasteiger partial charge >= 0.3 is 0 Å². The first-order valence-electron chi connectivity index (χ1n) is 3.71. The average molecular weight is 346 g/mol. The van der Waals surface area contributed by atoms with E-state index in [4.69, 9.17) is 0 Å². The minimum atomic E-state index is 0. The van der Waals surface area contributed by atoms with Crippen LogP contribution in [0.3, 0.4) is 0 Å². The van der Waals surface area contributed by atoms with Gasteiger partial charge in [0.1, 0.15) is 0 Å². The molecule has 0 unspecified atom stereocenters. The molecular weight excluding hydrogens is 323 g/mol. The molecule has 0 atom stereocenters. The second kappa shape index (κ2) is 29.8. The maximum Gasteiger partial charge on any atom is 0 e. The first kappa shape index (κ1) is 29.3.